The molecular weight excluding hydrogens is 316 g/mol. The summed E-state index contributed by atoms with van der Waals surface area (Å²) in [6.45, 7) is 0. The zero-order chi connectivity index (χ0) is 17.0. The highest BCUT2D eigenvalue weighted by Crippen LogP contribution is 2.56. The topological polar surface area (TPSA) is 44.8 Å². The summed E-state index contributed by atoms with van der Waals surface area (Å²) < 4.78 is 17.4. The molecule has 25 heavy (non-hydrogen) atoms. The third kappa shape index (κ3) is 1.74. The molecule has 0 aromatic heterocycles. The molecule has 0 aliphatic carbocycles. The summed E-state index contributed by atoms with van der Waals surface area (Å²) >= 11 is 0. The maximum Gasteiger partial charge on any atom is 0.340 e. The molecule has 2 heterocycles. The van der Waals surface area contributed by atoms with Gasteiger partial charge in [0.15, 0.2) is 5.60 Å². The molecule has 0 amide bonds. The summed E-state index contributed by atoms with van der Waals surface area (Å²) in [4.78, 5) is 12.6. The number of rotatable bonds is 1. The van der Waals surface area contributed by atoms with Crippen molar-refractivity contribution >= 4 is 5.97 Å². The first-order chi connectivity index (χ1) is 12.2. The van der Waals surface area contributed by atoms with Gasteiger partial charge in [0, 0.05) is 22.8 Å². The van der Waals surface area contributed by atoms with E-state index in [4.69, 9.17) is 14.2 Å². The average Bonchev–Trinajstić information content (AvgIpc) is 2.95. The fourth-order valence-electron chi connectivity index (χ4n) is 3.73. The number of methoxy groups -OCH3 is 1. The van der Waals surface area contributed by atoms with Crippen molar-refractivity contribution in [3.63, 3.8) is 0 Å². The van der Waals surface area contributed by atoms with Crippen LogP contribution in [0.15, 0.2) is 66.7 Å². The number of hydrogen-bond acceptors (Lipinski definition) is 4. The van der Waals surface area contributed by atoms with Gasteiger partial charge >= 0.3 is 5.97 Å². The van der Waals surface area contributed by atoms with E-state index in [1.54, 1.807) is 13.2 Å². The Balaban J connectivity index is 1.88. The van der Waals surface area contributed by atoms with Crippen LogP contribution in [0.4, 0.5) is 0 Å². The van der Waals surface area contributed by atoms with E-state index < -0.39 is 5.60 Å². The van der Waals surface area contributed by atoms with E-state index in [2.05, 4.69) is 0 Å². The van der Waals surface area contributed by atoms with E-state index in [0.717, 1.165) is 16.7 Å². The number of benzene rings is 3. The van der Waals surface area contributed by atoms with Crippen molar-refractivity contribution in [2.45, 2.75) is 5.60 Å². The van der Waals surface area contributed by atoms with Crippen molar-refractivity contribution < 1.29 is 19.0 Å². The molecule has 3 aromatic rings. The number of hydrogen-bond donors (Lipinski definition) is 0. The van der Waals surface area contributed by atoms with Gasteiger partial charge in [0.2, 0.25) is 0 Å². The van der Waals surface area contributed by atoms with Crippen LogP contribution in [0.5, 0.6) is 17.2 Å². The fourth-order valence-corrected chi connectivity index (χ4v) is 3.73. The molecular formula is C21H14O4. The summed E-state index contributed by atoms with van der Waals surface area (Å²) in [7, 11) is 1.61. The van der Waals surface area contributed by atoms with Crippen LogP contribution in [0.3, 0.4) is 0 Å². The fraction of sp³-hybridized carbons (Fsp3) is 0.0952. The van der Waals surface area contributed by atoms with Crippen molar-refractivity contribution in [1.82, 2.24) is 0 Å². The van der Waals surface area contributed by atoms with Crippen LogP contribution in [-0.4, -0.2) is 13.1 Å². The minimum Gasteiger partial charge on any atom is -0.497 e. The molecule has 1 spiro atoms. The molecule has 122 valence electrons. The van der Waals surface area contributed by atoms with Crippen LogP contribution in [-0.2, 0) is 10.3 Å². The van der Waals surface area contributed by atoms with Gasteiger partial charge in [0.05, 0.1) is 12.7 Å². The minimum absolute atomic E-state index is 0.325. The average molecular weight is 330 g/mol. The maximum atomic E-state index is 12.6. The summed E-state index contributed by atoms with van der Waals surface area (Å²) in [5.74, 6) is 1.66. The normalized spacial score (nSPS) is 19.5. The highest BCUT2D eigenvalue weighted by atomic mass is 16.6. The van der Waals surface area contributed by atoms with E-state index in [-0.39, 0.29) is 5.97 Å². The minimum atomic E-state index is -0.996. The molecule has 0 bridgehead atoms. The van der Waals surface area contributed by atoms with E-state index >= 15 is 0 Å². The van der Waals surface area contributed by atoms with Crippen LogP contribution in [0, 0.1) is 0 Å². The Morgan fingerprint density at radius 1 is 0.840 bits per heavy atom. The van der Waals surface area contributed by atoms with Crippen molar-refractivity contribution in [2.24, 2.45) is 0 Å². The first-order valence-corrected chi connectivity index (χ1v) is 8.03. The molecule has 3 aromatic carbocycles. The van der Waals surface area contributed by atoms with E-state index in [9.17, 15) is 4.79 Å². The molecule has 5 rings (SSSR count). The lowest BCUT2D eigenvalue weighted by Crippen LogP contribution is -2.32. The van der Waals surface area contributed by atoms with Crippen LogP contribution >= 0.6 is 0 Å². The molecule has 0 fully saturated rings. The predicted octanol–water partition coefficient (Wildman–Crippen LogP) is 4.26. The summed E-state index contributed by atoms with van der Waals surface area (Å²) in [6, 6.07) is 20.7. The van der Waals surface area contributed by atoms with Crippen LogP contribution in [0.2, 0.25) is 0 Å². The van der Waals surface area contributed by atoms with Gasteiger partial charge in [0.25, 0.3) is 0 Å². The zero-order valence-electron chi connectivity index (χ0n) is 13.5. The Bertz CT molecular complexity index is 1020. The Kier molecular flexibility index (Phi) is 2.74. The molecule has 0 radical (unpaired) electrons. The zero-order valence-corrected chi connectivity index (χ0v) is 13.5. The molecule has 1 atom stereocenters. The summed E-state index contributed by atoms with van der Waals surface area (Å²) in [5.41, 5.74) is 2.05. The molecule has 0 N–H and O–H groups in total. The van der Waals surface area contributed by atoms with E-state index in [0.29, 0.717) is 22.8 Å². The van der Waals surface area contributed by atoms with Crippen LogP contribution in [0.1, 0.15) is 27.0 Å². The molecule has 2 aliphatic rings. The number of ether oxygens (including phenoxy) is 3. The third-order valence-electron chi connectivity index (χ3n) is 4.83. The van der Waals surface area contributed by atoms with Crippen molar-refractivity contribution in [3.8, 4) is 17.2 Å². The van der Waals surface area contributed by atoms with Crippen LogP contribution in [0.25, 0.3) is 0 Å². The monoisotopic (exact) mass is 330 g/mol. The Hall–Kier alpha value is -3.27. The van der Waals surface area contributed by atoms with Gasteiger partial charge in [-0.3, -0.25) is 0 Å². The number of carbonyl (C=O) groups excluding carboxylic acids is 1. The largest absolute Gasteiger partial charge is 0.497 e. The second-order valence-electron chi connectivity index (χ2n) is 6.08. The lowest BCUT2D eigenvalue weighted by Gasteiger charge is -2.36. The van der Waals surface area contributed by atoms with Crippen molar-refractivity contribution in [1.29, 1.82) is 0 Å². The van der Waals surface area contributed by atoms with E-state index in [1.165, 1.54) is 0 Å². The number of esters is 1. The maximum absolute atomic E-state index is 12.6. The number of para-hydroxylation sites is 1. The second-order valence-corrected chi connectivity index (χ2v) is 6.08. The number of fused-ring (bicyclic) bond motifs is 6. The molecule has 4 nitrogen and oxygen atoms in total. The third-order valence-corrected chi connectivity index (χ3v) is 4.83. The van der Waals surface area contributed by atoms with Gasteiger partial charge in [-0.25, -0.2) is 4.79 Å². The Morgan fingerprint density at radius 2 is 1.56 bits per heavy atom. The molecule has 2 aliphatic heterocycles. The Labute approximate surface area is 144 Å². The molecule has 0 saturated heterocycles. The predicted molar refractivity (Wildman–Crippen MR) is 91.2 cm³/mol. The number of carbonyl (C=O) groups is 1. The highest BCUT2D eigenvalue weighted by Gasteiger charge is 2.53. The summed E-state index contributed by atoms with van der Waals surface area (Å²) in [6.07, 6.45) is 0. The molecule has 4 heteroatoms. The Morgan fingerprint density at radius 3 is 2.40 bits per heavy atom. The van der Waals surface area contributed by atoms with Gasteiger partial charge < -0.3 is 14.2 Å². The second kappa shape index (κ2) is 4.86. The van der Waals surface area contributed by atoms with Gasteiger partial charge in [-0.05, 0) is 24.3 Å². The lowest BCUT2D eigenvalue weighted by atomic mass is 9.78. The van der Waals surface area contributed by atoms with Gasteiger partial charge in [0.1, 0.15) is 17.2 Å². The molecule has 0 saturated carbocycles. The highest BCUT2D eigenvalue weighted by molar-refractivity contribution is 5.97. The van der Waals surface area contributed by atoms with E-state index in [1.807, 2.05) is 60.7 Å². The van der Waals surface area contributed by atoms with Gasteiger partial charge in [-0.15, -0.1) is 0 Å². The lowest BCUT2D eigenvalue weighted by molar-refractivity contribution is 0.0224. The first kappa shape index (κ1) is 14.1. The summed E-state index contributed by atoms with van der Waals surface area (Å²) in [5, 5.41) is 0. The quantitative estimate of drug-likeness (QED) is 0.625. The first-order valence-electron chi connectivity index (χ1n) is 8.03. The molecule has 1 unspecified atom stereocenters. The van der Waals surface area contributed by atoms with Crippen molar-refractivity contribution in [3.05, 3.63) is 89.0 Å². The standard InChI is InChI=1S/C21H14O4/c1-23-13-10-11-17-19(12-13)24-18-9-5-4-8-16(18)21(17)15-7-3-2-6-14(15)20(22)25-21/h2-12H,1H3. The smallest absolute Gasteiger partial charge is 0.340 e. The van der Waals surface area contributed by atoms with Gasteiger partial charge in [-0.1, -0.05) is 36.4 Å². The van der Waals surface area contributed by atoms with Crippen LogP contribution < -0.4 is 9.47 Å². The SMILES string of the molecule is COc1ccc2c(c1)Oc1ccccc1C21OC(=O)c2ccccc21. The van der Waals surface area contributed by atoms with Gasteiger partial charge in [-0.2, -0.15) is 0 Å². The van der Waals surface area contributed by atoms with Crippen molar-refractivity contribution in [2.75, 3.05) is 7.11 Å².